The molecular formula is C12H16N2O5. The highest BCUT2D eigenvalue weighted by atomic mass is 16.6. The van der Waals surface area contributed by atoms with Crippen LogP contribution in [-0.4, -0.2) is 56.6 Å². The van der Waals surface area contributed by atoms with Crippen LogP contribution < -0.4 is 10.6 Å². The summed E-state index contributed by atoms with van der Waals surface area (Å²) in [4.78, 5) is 21.1. The Bertz CT molecular complexity index is 402. The normalized spacial score (nSPS) is 43.4. The molecule has 3 heterocycles. The Morgan fingerprint density at radius 1 is 1.37 bits per heavy atom. The van der Waals surface area contributed by atoms with Crippen LogP contribution in [0.5, 0.6) is 0 Å². The number of carbonyl (C=O) groups excluding carboxylic acids is 2. The highest BCUT2D eigenvalue weighted by Crippen LogP contribution is 2.44. The van der Waals surface area contributed by atoms with Crippen LogP contribution in [0.15, 0.2) is 12.2 Å². The molecule has 0 aromatic heterocycles. The van der Waals surface area contributed by atoms with Gasteiger partial charge in [0, 0.05) is 25.0 Å². The van der Waals surface area contributed by atoms with Gasteiger partial charge in [0.05, 0.1) is 6.10 Å². The predicted octanol–water partition coefficient (Wildman–Crippen LogP) is -1.46. The molecule has 0 spiro atoms. The molecule has 2 saturated heterocycles. The Morgan fingerprint density at radius 2 is 2.26 bits per heavy atom. The summed E-state index contributed by atoms with van der Waals surface area (Å²) in [5, 5.41) is 6.48. The maximum Gasteiger partial charge on any atom is 0.294 e. The third-order valence-electron chi connectivity index (χ3n) is 4.10. The van der Waals surface area contributed by atoms with Crippen molar-refractivity contribution in [2.75, 3.05) is 19.7 Å². The van der Waals surface area contributed by atoms with Crippen LogP contribution in [0.1, 0.15) is 0 Å². The van der Waals surface area contributed by atoms with Crippen molar-refractivity contribution in [3.05, 3.63) is 12.2 Å². The molecule has 0 bridgehead atoms. The fourth-order valence-electron chi connectivity index (χ4n) is 3.33. The molecule has 5 atom stereocenters. The van der Waals surface area contributed by atoms with Gasteiger partial charge >= 0.3 is 0 Å². The third-order valence-corrected chi connectivity index (χ3v) is 4.10. The zero-order valence-corrected chi connectivity index (χ0v) is 10.3. The van der Waals surface area contributed by atoms with E-state index in [-0.39, 0.29) is 24.7 Å². The monoisotopic (exact) mass is 268 g/mol. The van der Waals surface area contributed by atoms with E-state index in [1.165, 1.54) is 0 Å². The summed E-state index contributed by atoms with van der Waals surface area (Å²) in [6.45, 7) is 2.26. The second-order valence-corrected chi connectivity index (χ2v) is 4.93. The fraction of sp³-hybridized carbons (Fsp3) is 0.667. The van der Waals surface area contributed by atoms with Gasteiger partial charge in [0.25, 0.3) is 12.9 Å². The lowest BCUT2D eigenvalue weighted by atomic mass is 9.85. The minimum absolute atomic E-state index is 0.0647. The fourth-order valence-corrected chi connectivity index (χ4v) is 3.33. The van der Waals surface area contributed by atoms with E-state index in [1.54, 1.807) is 0 Å². The van der Waals surface area contributed by atoms with Gasteiger partial charge in [0.1, 0.15) is 6.61 Å². The summed E-state index contributed by atoms with van der Waals surface area (Å²) in [5.74, 6) is 0.0762. The van der Waals surface area contributed by atoms with Crippen molar-refractivity contribution < 1.29 is 23.8 Å². The van der Waals surface area contributed by atoms with E-state index < -0.39 is 11.8 Å². The van der Waals surface area contributed by atoms with Crippen LogP contribution in [0.4, 0.5) is 0 Å². The molecule has 0 aliphatic carbocycles. The molecule has 0 amide bonds. The Balaban J connectivity index is 1.88. The number of nitrogens with one attached hydrogen (secondary N) is 2. The number of carbonyl (C=O) groups is 2. The molecule has 7 nitrogen and oxygen atoms in total. The topological polar surface area (TPSA) is 85.9 Å². The molecule has 3 rings (SSSR count). The molecule has 3 aliphatic heterocycles. The van der Waals surface area contributed by atoms with Gasteiger partial charge in [0.2, 0.25) is 0 Å². The van der Waals surface area contributed by atoms with Crippen molar-refractivity contribution in [3.8, 4) is 0 Å². The first-order chi connectivity index (χ1) is 9.31. The molecule has 7 heteroatoms. The Kier molecular flexibility index (Phi) is 3.26. The lowest BCUT2D eigenvalue weighted by Crippen LogP contribution is -2.52. The number of hydrogen-bond acceptors (Lipinski definition) is 7. The third kappa shape index (κ3) is 1.85. The smallest absolute Gasteiger partial charge is 0.294 e. The maximum absolute atomic E-state index is 10.6. The SMILES string of the molecule is O=COC[C@@]12O[C@H]3C=CCN[C@H]3C1CN[C@H]2OC=O. The summed E-state index contributed by atoms with van der Waals surface area (Å²) in [6.07, 6.45) is 3.31. The highest BCUT2D eigenvalue weighted by Gasteiger charge is 2.63. The number of rotatable bonds is 5. The van der Waals surface area contributed by atoms with Gasteiger partial charge in [-0.3, -0.25) is 14.9 Å². The Morgan fingerprint density at radius 3 is 3.05 bits per heavy atom. The second-order valence-electron chi connectivity index (χ2n) is 4.93. The first kappa shape index (κ1) is 12.6. The molecule has 104 valence electrons. The Labute approximate surface area is 110 Å². The van der Waals surface area contributed by atoms with Crippen molar-refractivity contribution in [2.45, 2.75) is 24.0 Å². The lowest BCUT2D eigenvalue weighted by molar-refractivity contribution is -0.172. The van der Waals surface area contributed by atoms with Gasteiger partial charge in [-0.25, -0.2) is 0 Å². The van der Waals surface area contributed by atoms with Crippen molar-refractivity contribution >= 4 is 12.9 Å². The standard InChI is InChI=1S/C12H16N2O5/c15-6-17-5-12-8(4-14-11(12)18-7-16)10-9(19-12)2-1-3-13-10/h1-2,6-11,13-14H,3-5H2/t8?,9-,10-,11-,12+/m0/s1. The Hall–Kier alpha value is -1.44. The minimum Gasteiger partial charge on any atom is -0.465 e. The molecule has 0 aromatic carbocycles. The summed E-state index contributed by atoms with van der Waals surface area (Å²) in [5.41, 5.74) is -0.821. The van der Waals surface area contributed by atoms with Crippen LogP contribution in [0, 0.1) is 5.92 Å². The molecule has 0 radical (unpaired) electrons. The zero-order valence-electron chi connectivity index (χ0n) is 10.3. The predicted molar refractivity (Wildman–Crippen MR) is 63.0 cm³/mol. The van der Waals surface area contributed by atoms with Crippen molar-refractivity contribution in [1.29, 1.82) is 0 Å². The first-order valence-corrected chi connectivity index (χ1v) is 6.27. The van der Waals surface area contributed by atoms with E-state index in [2.05, 4.69) is 10.6 Å². The van der Waals surface area contributed by atoms with E-state index >= 15 is 0 Å². The van der Waals surface area contributed by atoms with Crippen molar-refractivity contribution in [2.24, 2.45) is 5.92 Å². The number of fused-ring (bicyclic) bond motifs is 3. The van der Waals surface area contributed by atoms with Crippen LogP contribution in [0.2, 0.25) is 0 Å². The van der Waals surface area contributed by atoms with Gasteiger partial charge in [-0.2, -0.15) is 0 Å². The van der Waals surface area contributed by atoms with E-state index in [4.69, 9.17) is 14.2 Å². The zero-order chi connectivity index (χ0) is 13.3. The largest absolute Gasteiger partial charge is 0.465 e. The van der Waals surface area contributed by atoms with E-state index in [0.717, 1.165) is 6.54 Å². The molecule has 0 aromatic rings. The van der Waals surface area contributed by atoms with Gasteiger partial charge in [0.15, 0.2) is 11.8 Å². The first-order valence-electron chi connectivity index (χ1n) is 6.27. The number of hydrogen-bond donors (Lipinski definition) is 2. The van der Waals surface area contributed by atoms with Gasteiger partial charge in [-0.15, -0.1) is 0 Å². The van der Waals surface area contributed by atoms with Crippen molar-refractivity contribution in [3.63, 3.8) is 0 Å². The average Bonchev–Trinajstić information content (AvgIpc) is 2.92. The lowest BCUT2D eigenvalue weighted by Gasteiger charge is -2.31. The van der Waals surface area contributed by atoms with Crippen LogP contribution in [0.25, 0.3) is 0 Å². The van der Waals surface area contributed by atoms with Gasteiger partial charge in [-0.05, 0) is 0 Å². The number of ether oxygens (including phenoxy) is 3. The quantitative estimate of drug-likeness (QED) is 0.465. The van der Waals surface area contributed by atoms with Gasteiger partial charge in [-0.1, -0.05) is 12.2 Å². The summed E-state index contributed by atoms with van der Waals surface area (Å²) in [6, 6.07) is 0.132. The van der Waals surface area contributed by atoms with Gasteiger partial charge < -0.3 is 19.5 Å². The molecule has 19 heavy (non-hydrogen) atoms. The summed E-state index contributed by atoms with van der Waals surface area (Å²) in [7, 11) is 0. The summed E-state index contributed by atoms with van der Waals surface area (Å²) < 4.78 is 16.0. The average molecular weight is 268 g/mol. The molecule has 1 unspecified atom stereocenters. The molecular weight excluding hydrogens is 252 g/mol. The molecule has 2 N–H and O–H groups in total. The molecule has 3 aliphatic rings. The maximum atomic E-state index is 10.6. The van der Waals surface area contributed by atoms with Crippen LogP contribution in [0.3, 0.4) is 0 Å². The van der Waals surface area contributed by atoms with E-state index in [1.807, 2.05) is 12.2 Å². The minimum atomic E-state index is -0.821. The second kappa shape index (κ2) is 4.92. The summed E-state index contributed by atoms with van der Waals surface area (Å²) >= 11 is 0. The highest BCUT2D eigenvalue weighted by molar-refractivity contribution is 5.39. The van der Waals surface area contributed by atoms with Crippen LogP contribution >= 0.6 is 0 Å². The van der Waals surface area contributed by atoms with Crippen LogP contribution in [-0.2, 0) is 23.8 Å². The van der Waals surface area contributed by atoms with E-state index in [0.29, 0.717) is 19.5 Å². The van der Waals surface area contributed by atoms with E-state index in [9.17, 15) is 9.59 Å². The van der Waals surface area contributed by atoms with Crippen molar-refractivity contribution in [1.82, 2.24) is 10.6 Å². The molecule has 2 fully saturated rings. The molecule has 0 saturated carbocycles.